The molecule has 0 amide bonds. The maximum absolute atomic E-state index is 13.9. The van der Waals surface area contributed by atoms with E-state index in [4.69, 9.17) is 10.5 Å². The molecule has 1 aromatic carbocycles. The highest BCUT2D eigenvalue weighted by Crippen LogP contribution is 2.23. The van der Waals surface area contributed by atoms with E-state index in [0.717, 1.165) is 13.1 Å². The third-order valence-corrected chi connectivity index (χ3v) is 3.40. The number of nitrogens with two attached hydrogens (primary N) is 1. The van der Waals surface area contributed by atoms with Gasteiger partial charge in [0, 0.05) is 31.2 Å². The van der Waals surface area contributed by atoms with Gasteiger partial charge in [-0.15, -0.1) is 0 Å². The quantitative estimate of drug-likeness (QED) is 0.869. The maximum Gasteiger partial charge on any atom is 0.169 e. The molecule has 94 valence electrons. The Hall–Kier alpha value is -1.13. The van der Waals surface area contributed by atoms with E-state index >= 15 is 0 Å². The molecule has 1 heterocycles. The molecule has 0 bridgehead atoms. The fourth-order valence-corrected chi connectivity index (χ4v) is 2.30. The Labute approximate surface area is 101 Å². The number of benzene rings is 1. The second-order valence-electron chi connectivity index (χ2n) is 4.77. The van der Waals surface area contributed by atoms with Gasteiger partial charge < -0.3 is 10.5 Å². The summed E-state index contributed by atoms with van der Waals surface area (Å²) < 4.78 is 18.9. The van der Waals surface area contributed by atoms with Crippen LogP contribution in [0.4, 0.5) is 4.39 Å². The molecule has 1 aromatic rings. The van der Waals surface area contributed by atoms with Crippen LogP contribution in [0.15, 0.2) is 18.2 Å². The number of ether oxygens (including phenoxy) is 1. The molecule has 3 nitrogen and oxygen atoms in total. The molecule has 1 aliphatic heterocycles. The van der Waals surface area contributed by atoms with Gasteiger partial charge in [0.1, 0.15) is 0 Å². The SMILES string of the molecule is COc1cccc(CN2CC(C)C(N)C2)c1F. The van der Waals surface area contributed by atoms with Gasteiger partial charge in [-0.25, -0.2) is 4.39 Å². The molecule has 17 heavy (non-hydrogen) atoms. The number of rotatable bonds is 3. The van der Waals surface area contributed by atoms with E-state index in [2.05, 4.69) is 11.8 Å². The van der Waals surface area contributed by atoms with Crippen LogP contribution in [0.3, 0.4) is 0 Å². The summed E-state index contributed by atoms with van der Waals surface area (Å²) in [7, 11) is 1.48. The molecular formula is C13H19FN2O. The summed E-state index contributed by atoms with van der Waals surface area (Å²) in [5, 5.41) is 0. The van der Waals surface area contributed by atoms with Gasteiger partial charge >= 0.3 is 0 Å². The van der Waals surface area contributed by atoms with E-state index in [-0.39, 0.29) is 11.9 Å². The van der Waals surface area contributed by atoms with Crippen molar-refractivity contribution < 1.29 is 9.13 Å². The Morgan fingerprint density at radius 1 is 1.47 bits per heavy atom. The summed E-state index contributed by atoms with van der Waals surface area (Å²) in [6.45, 7) is 4.49. The molecular weight excluding hydrogens is 219 g/mol. The lowest BCUT2D eigenvalue weighted by atomic mass is 10.1. The second kappa shape index (κ2) is 5.02. The van der Waals surface area contributed by atoms with Crippen LogP contribution >= 0.6 is 0 Å². The van der Waals surface area contributed by atoms with Crippen LogP contribution in [0.5, 0.6) is 5.75 Å². The smallest absolute Gasteiger partial charge is 0.169 e. The minimum atomic E-state index is -0.261. The third kappa shape index (κ3) is 2.58. The average molecular weight is 238 g/mol. The summed E-state index contributed by atoms with van der Waals surface area (Å²) in [5.74, 6) is 0.519. The van der Waals surface area contributed by atoms with E-state index < -0.39 is 0 Å². The molecule has 0 aliphatic carbocycles. The van der Waals surface area contributed by atoms with E-state index in [1.807, 2.05) is 6.07 Å². The maximum atomic E-state index is 13.9. The second-order valence-corrected chi connectivity index (χ2v) is 4.77. The van der Waals surface area contributed by atoms with E-state index in [1.54, 1.807) is 12.1 Å². The number of hydrogen-bond donors (Lipinski definition) is 1. The normalized spacial score (nSPS) is 25.2. The molecule has 2 atom stereocenters. The highest BCUT2D eigenvalue weighted by molar-refractivity contribution is 5.31. The topological polar surface area (TPSA) is 38.5 Å². The molecule has 2 rings (SSSR count). The van der Waals surface area contributed by atoms with Crippen LogP contribution < -0.4 is 10.5 Å². The molecule has 0 spiro atoms. The zero-order valence-electron chi connectivity index (χ0n) is 10.3. The Kier molecular flexibility index (Phi) is 3.64. The van der Waals surface area contributed by atoms with Gasteiger partial charge in [-0.1, -0.05) is 19.1 Å². The van der Waals surface area contributed by atoms with Crippen molar-refractivity contribution in [3.8, 4) is 5.75 Å². The van der Waals surface area contributed by atoms with Crippen LogP contribution in [0, 0.1) is 11.7 Å². The fraction of sp³-hybridized carbons (Fsp3) is 0.538. The van der Waals surface area contributed by atoms with Gasteiger partial charge in [-0.05, 0) is 12.0 Å². The van der Waals surface area contributed by atoms with E-state index in [9.17, 15) is 4.39 Å². The highest BCUT2D eigenvalue weighted by atomic mass is 19.1. The standard InChI is InChI=1S/C13H19FN2O/c1-9-6-16(8-11(9)15)7-10-4-3-5-12(17-2)13(10)14/h3-5,9,11H,6-8,15H2,1-2H3. The van der Waals surface area contributed by atoms with Gasteiger partial charge in [-0.3, -0.25) is 4.90 Å². The first-order valence-corrected chi connectivity index (χ1v) is 5.91. The molecule has 2 N–H and O–H groups in total. The lowest BCUT2D eigenvalue weighted by Gasteiger charge is -2.16. The lowest BCUT2D eigenvalue weighted by Crippen LogP contribution is -2.28. The largest absolute Gasteiger partial charge is 0.494 e. The van der Waals surface area contributed by atoms with Crippen molar-refractivity contribution in [2.24, 2.45) is 11.7 Å². The summed E-state index contributed by atoms with van der Waals surface area (Å²) in [4.78, 5) is 2.19. The van der Waals surface area contributed by atoms with Crippen molar-refractivity contribution in [1.29, 1.82) is 0 Å². The molecule has 0 saturated carbocycles. The van der Waals surface area contributed by atoms with Crippen molar-refractivity contribution in [3.63, 3.8) is 0 Å². The van der Waals surface area contributed by atoms with Crippen molar-refractivity contribution in [3.05, 3.63) is 29.6 Å². The molecule has 0 aromatic heterocycles. The Morgan fingerprint density at radius 2 is 2.24 bits per heavy atom. The third-order valence-electron chi connectivity index (χ3n) is 3.40. The van der Waals surface area contributed by atoms with Crippen LogP contribution in [-0.4, -0.2) is 31.1 Å². The molecule has 4 heteroatoms. The molecule has 1 aliphatic rings. The van der Waals surface area contributed by atoms with E-state index in [1.165, 1.54) is 7.11 Å². The van der Waals surface area contributed by atoms with Crippen molar-refractivity contribution in [1.82, 2.24) is 4.90 Å². The molecule has 1 fully saturated rings. The average Bonchev–Trinajstić information content (AvgIpc) is 2.61. The zero-order chi connectivity index (χ0) is 12.4. The van der Waals surface area contributed by atoms with Crippen LogP contribution in [-0.2, 0) is 6.54 Å². The Balaban J connectivity index is 2.09. The van der Waals surface area contributed by atoms with Crippen LogP contribution in [0.25, 0.3) is 0 Å². The summed E-state index contributed by atoms with van der Waals surface area (Å²) >= 11 is 0. The lowest BCUT2D eigenvalue weighted by molar-refractivity contribution is 0.309. The molecule has 2 unspecified atom stereocenters. The molecule has 0 radical (unpaired) electrons. The monoisotopic (exact) mass is 238 g/mol. The van der Waals surface area contributed by atoms with Crippen molar-refractivity contribution in [2.75, 3.05) is 20.2 Å². The minimum absolute atomic E-state index is 0.198. The van der Waals surface area contributed by atoms with Gasteiger partial charge in [0.2, 0.25) is 0 Å². The number of likely N-dealkylation sites (tertiary alicyclic amines) is 1. The van der Waals surface area contributed by atoms with Crippen LogP contribution in [0.2, 0.25) is 0 Å². The predicted octanol–water partition coefficient (Wildman–Crippen LogP) is 1.61. The Bertz CT molecular complexity index is 387. The van der Waals surface area contributed by atoms with Gasteiger partial charge in [0.15, 0.2) is 11.6 Å². The zero-order valence-corrected chi connectivity index (χ0v) is 10.3. The number of nitrogens with zero attached hydrogens (tertiary/aromatic N) is 1. The number of hydrogen-bond acceptors (Lipinski definition) is 3. The Morgan fingerprint density at radius 3 is 2.82 bits per heavy atom. The molecule has 1 saturated heterocycles. The van der Waals surface area contributed by atoms with Crippen LogP contribution in [0.1, 0.15) is 12.5 Å². The number of halogens is 1. The van der Waals surface area contributed by atoms with Crippen molar-refractivity contribution >= 4 is 0 Å². The van der Waals surface area contributed by atoms with Gasteiger partial charge in [-0.2, -0.15) is 0 Å². The number of methoxy groups -OCH3 is 1. The summed E-state index contributed by atoms with van der Waals surface area (Å²) in [6.07, 6.45) is 0. The first kappa shape index (κ1) is 12.3. The van der Waals surface area contributed by atoms with E-state index in [0.29, 0.717) is 23.8 Å². The first-order chi connectivity index (χ1) is 8.11. The fourth-order valence-electron chi connectivity index (χ4n) is 2.30. The highest BCUT2D eigenvalue weighted by Gasteiger charge is 2.27. The minimum Gasteiger partial charge on any atom is -0.494 e. The predicted molar refractivity (Wildman–Crippen MR) is 65.4 cm³/mol. The summed E-state index contributed by atoms with van der Waals surface area (Å²) in [6, 6.07) is 5.45. The van der Waals surface area contributed by atoms with Gasteiger partial charge in [0.05, 0.1) is 7.11 Å². The van der Waals surface area contributed by atoms with Crippen molar-refractivity contribution in [2.45, 2.75) is 19.5 Å². The summed E-state index contributed by atoms with van der Waals surface area (Å²) in [5.41, 5.74) is 6.63. The van der Waals surface area contributed by atoms with Gasteiger partial charge in [0.25, 0.3) is 0 Å². The first-order valence-electron chi connectivity index (χ1n) is 5.91.